The quantitative estimate of drug-likeness (QED) is 0.731. The zero-order chi connectivity index (χ0) is 19.2. The number of aryl methyl sites for hydroxylation is 1. The summed E-state index contributed by atoms with van der Waals surface area (Å²) in [5.41, 5.74) is 4.63. The predicted octanol–water partition coefficient (Wildman–Crippen LogP) is 4.69. The van der Waals surface area contributed by atoms with Crippen molar-refractivity contribution in [2.75, 3.05) is 25.6 Å². The lowest BCUT2D eigenvalue weighted by atomic mass is 10.1. The number of anilines is 1. The van der Waals surface area contributed by atoms with Crippen molar-refractivity contribution in [3.05, 3.63) is 59.2 Å². The van der Waals surface area contributed by atoms with E-state index >= 15 is 0 Å². The van der Waals surface area contributed by atoms with Crippen LogP contribution < -0.4 is 10.1 Å². The maximum absolute atomic E-state index is 5.86. The van der Waals surface area contributed by atoms with Crippen molar-refractivity contribution in [1.29, 1.82) is 0 Å². The Morgan fingerprint density at radius 3 is 2.78 bits per heavy atom. The standard InChI is InChI=1S/C22H28N2O2S/c1-16-8-6-11-20(17(16)2)23-22(27)24(15-19-10-7-13-26-19)14-18-9-4-5-12-21(18)25-3/h4-6,8-9,11-12,19H,7,10,13-15H2,1-3H3,(H,23,27). The van der Waals surface area contributed by atoms with Crippen molar-refractivity contribution in [3.63, 3.8) is 0 Å². The Labute approximate surface area is 167 Å². The summed E-state index contributed by atoms with van der Waals surface area (Å²) >= 11 is 5.79. The van der Waals surface area contributed by atoms with Crippen molar-refractivity contribution in [2.24, 2.45) is 0 Å². The second kappa shape index (κ2) is 9.20. The molecule has 0 radical (unpaired) electrons. The molecule has 0 saturated carbocycles. The van der Waals surface area contributed by atoms with Gasteiger partial charge in [-0.2, -0.15) is 0 Å². The number of hydrogen-bond acceptors (Lipinski definition) is 3. The molecule has 144 valence electrons. The minimum atomic E-state index is 0.220. The third-order valence-electron chi connectivity index (χ3n) is 5.14. The van der Waals surface area contributed by atoms with Gasteiger partial charge in [-0.1, -0.05) is 30.3 Å². The first kappa shape index (κ1) is 19.6. The zero-order valence-corrected chi connectivity index (χ0v) is 17.1. The number of benzene rings is 2. The van der Waals surface area contributed by atoms with E-state index < -0.39 is 0 Å². The van der Waals surface area contributed by atoms with E-state index in [9.17, 15) is 0 Å². The molecule has 0 spiro atoms. The summed E-state index contributed by atoms with van der Waals surface area (Å²) in [4.78, 5) is 2.19. The van der Waals surface area contributed by atoms with Gasteiger partial charge in [0, 0.05) is 30.9 Å². The van der Waals surface area contributed by atoms with E-state index in [4.69, 9.17) is 21.7 Å². The first-order chi connectivity index (χ1) is 13.1. The van der Waals surface area contributed by atoms with Crippen LogP contribution in [0.4, 0.5) is 5.69 Å². The maximum Gasteiger partial charge on any atom is 0.173 e. The van der Waals surface area contributed by atoms with Crippen LogP contribution in [-0.4, -0.2) is 36.4 Å². The Morgan fingerprint density at radius 1 is 1.22 bits per heavy atom. The summed E-state index contributed by atoms with van der Waals surface area (Å²) in [6.07, 6.45) is 2.41. The van der Waals surface area contributed by atoms with Crippen LogP contribution in [-0.2, 0) is 11.3 Å². The molecule has 1 aliphatic rings. The molecule has 1 unspecified atom stereocenters. The van der Waals surface area contributed by atoms with Crippen LogP contribution in [0.25, 0.3) is 0 Å². The first-order valence-electron chi connectivity index (χ1n) is 9.44. The minimum Gasteiger partial charge on any atom is -0.496 e. The number of nitrogens with one attached hydrogen (secondary N) is 1. The highest BCUT2D eigenvalue weighted by Crippen LogP contribution is 2.23. The summed E-state index contributed by atoms with van der Waals surface area (Å²) in [7, 11) is 1.70. The van der Waals surface area contributed by atoms with Crippen LogP contribution in [0.5, 0.6) is 5.75 Å². The molecular weight excluding hydrogens is 356 g/mol. The molecule has 2 aromatic rings. The Morgan fingerprint density at radius 2 is 2.04 bits per heavy atom. The van der Waals surface area contributed by atoms with Crippen molar-refractivity contribution in [2.45, 2.75) is 39.3 Å². The van der Waals surface area contributed by atoms with Gasteiger partial charge in [0.15, 0.2) is 5.11 Å². The third-order valence-corrected chi connectivity index (χ3v) is 5.50. The summed E-state index contributed by atoms with van der Waals surface area (Å²) in [6, 6.07) is 14.3. The number of rotatable bonds is 6. The van der Waals surface area contributed by atoms with Gasteiger partial charge in [-0.25, -0.2) is 0 Å². The summed E-state index contributed by atoms with van der Waals surface area (Å²) in [5, 5.41) is 4.16. The maximum atomic E-state index is 5.86. The molecule has 2 aromatic carbocycles. The van der Waals surface area contributed by atoms with Gasteiger partial charge in [0.1, 0.15) is 5.75 Å². The SMILES string of the molecule is COc1ccccc1CN(CC1CCCO1)C(=S)Nc1cccc(C)c1C. The number of thiocarbonyl (C=S) groups is 1. The van der Waals surface area contributed by atoms with E-state index in [1.807, 2.05) is 18.2 Å². The molecule has 27 heavy (non-hydrogen) atoms. The number of nitrogens with zero attached hydrogens (tertiary/aromatic N) is 1. The highest BCUT2D eigenvalue weighted by molar-refractivity contribution is 7.80. The van der Waals surface area contributed by atoms with Crippen molar-refractivity contribution < 1.29 is 9.47 Å². The van der Waals surface area contributed by atoms with Crippen LogP contribution in [0.15, 0.2) is 42.5 Å². The first-order valence-corrected chi connectivity index (χ1v) is 9.85. The molecule has 0 bridgehead atoms. The molecule has 1 N–H and O–H groups in total. The van der Waals surface area contributed by atoms with Crippen molar-refractivity contribution >= 4 is 23.0 Å². The second-order valence-corrected chi connectivity index (χ2v) is 7.39. The summed E-state index contributed by atoms with van der Waals surface area (Å²) in [6.45, 7) is 6.52. The molecular formula is C22H28N2O2S. The van der Waals surface area contributed by atoms with Crippen LogP contribution in [0.3, 0.4) is 0 Å². The summed E-state index contributed by atoms with van der Waals surface area (Å²) in [5.74, 6) is 0.879. The van der Waals surface area contributed by atoms with E-state index in [1.165, 1.54) is 11.1 Å². The zero-order valence-electron chi connectivity index (χ0n) is 16.3. The lowest BCUT2D eigenvalue weighted by Crippen LogP contribution is -2.39. The van der Waals surface area contributed by atoms with Gasteiger partial charge in [-0.05, 0) is 62.2 Å². The Hall–Kier alpha value is -2.11. The predicted molar refractivity (Wildman–Crippen MR) is 115 cm³/mol. The van der Waals surface area contributed by atoms with Gasteiger partial charge in [0.05, 0.1) is 13.2 Å². The topological polar surface area (TPSA) is 33.7 Å². The molecule has 0 aliphatic carbocycles. The molecule has 4 nitrogen and oxygen atoms in total. The monoisotopic (exact) mass is 384 g/mol. The lowest BCUT2D eigenvalue weighted by molar-refractivity contribution is 0.0903. The minimum absolute atomic E-state index is 0.220. The van der Waals surface area contributed by atoms with E-state index in [-0.39, 0.29) is 6.10 Å². The van der Waals surface area contributed by atoms with Crippen molar-refractivity contribution in [3.8, 4) is 5.75 Å². The van der Waals surface area contributed by atoms with Gasteiger partial charge in [-0.15, -0.1) is 0 Å². The fourth-order valence-corrected chi connectivity index (χ4v) is 3.62. The molecule has 3 rings (SSSR count). The van der Waals surface area contributed by atoms with Crippen LogP contribution in [0.2, 0.25) is 0 Å². The van der Waals surface area contributed by atoms with E-state index in [2.05, 4.69) is 48.3 Å². The largest absolute Gasteiger partial charge is 0.496 e. The molecule has 1 atom stereocenters. The van der Waals surface area contributed by atoms with E-state index in [0.717, 1.165) is 43.0 Å². The Bertz CT molecular complexity index is 788. The lowest BCUT2D eigenvalue weighted by Gasteiger charge is -2.29. The van der Waals surface area contributed by atoms with Crippen LogP contribution in [0.1, 0.15) is 29.5 Å². The molecule has 1 heterocycles. The normalized spacial score (nSPS) is 16.2. The van der Waals surface area contributed by atoms with Gasteiger partial charge >= 0.3 is 0 Å². The fraction of sp³-hybridized carbons (Fsp3) is 0.409. The number of methoxy groups -OCH3 is 1. The smallest absolute Gasteiger partial charge is 0.173 e. The molecule has 1 fully saturated rings. The molecule has 1 saturated heterocycles. The number of ether oxygens (including phenoxy) is 2. The van der Waals surface area contributed by atoms with Gasteiger partial charge in [0.25, 0.3) is 0 Å². The third kappa shape index (κ3) is 4.99. The molecule has 1 aliphatic heterocycles. The van der Waals surface area contributed by atoms with E-state index in [0.29, 0.717) is 11.7 Å². The van der Waals surface area contributed by atoms with Crippen LogP contribution in [0, 0.1) is 13.8 Å². The Kier molecular flexibility index (Phi) is 6.69. The van der Waals surface area contributed by atoms with Gasteiger partial charge in [0.2, 0.25) is 0 Å². The van der Waals surface area contributed by atoms with E-state index in [1.54, 1.807) is 7.11 Å². The van der Waals surface area contributed by atoms with Gasteiger partial charge in [-0.3, -0.25) is 0 Å². The summed E-state index contributed by atoms with van der Waals surface area (Å²) < 4.78 is 11.4. The van der Waals surface area contributed by atoms with Crippen LogP contribution >= 0.6 is 12.2 Å². The van der Waals surface area contributed by atoms with Gasteiger partial charge < -0.3 is 19.7 Å². The molecule has 5 heteroatoms. The number of hydrogen-bond donors (Lipinski definition) is 1. The fourth-order valence-electron chi connectivity index (χ4n) is 3.37. The Balaban J connectivity index is 1.79. The average Bonchev–Trinajstić information content (AvgIpc) is 3.18. The van der Waals surface area contributed by atoms with Crippen molar-refractivity contribution in [1.82, 2.24) is 4.90 Å². The molecule has 0 amide bonds. The highest BCUT2D eigenvalue weighted by atomic mass is 32.1. The number of para-hydroxylation sites is 1. The molecule has 0 aromatic heterocycles. The second-order valence-electron chi connectivity index (χ2n) is 7.01. The highest BCUT2D eigenvalue weighted by Gasteiger charge is 2.22. The average molecular weight is 385 g/mol.